The number of hydrogen-bond donors (Lipinski definition) is 1. The highest BCUT2D eigenvalue weighted by molar-refractivity contribution is 7.99. The summed E-state index contributed by atoms with van der Waals surface area (Å²) in [6.07, 6.45) is 2.66. The predicted molar refractivity (Wildman–Crippen MR) is 115 cm³/mol. The van der Waals surface area contributed by atoms with Crippen molar-refractivity contribution in [2.24, 2.45) is 0 Å². The molecule has 2 aromatic carbocycles. The summed E-state index contributed by atoms with van der Waals surface area (Å²) in [5.41, 5.74) is 3.02. The molecule has 1 heterocycles. The van der Waals surface area contributed by atoms with Gasteiger partial charge in [0, 0.05) is 30.0 Å². The number of benzene rings is 2. The van der Waals surface area contributed by atoms with E-state index in [2.05, 4.69) is 29.3 Å². The van der Waals surface area contributed by atoms with E-state index in [1.807, 2.05) is 47.4 Å². The number of carbonyl (C=O) groups is 2. The van der Waals surface area contributed by atoms with Gasteiger partial charge in [0.15, 0.2) is 0 Å². The fourth-order valence-corrected chi connectivity index (χ4v) is 3.80. The van der Waals surface area contributed by atoms with Crippen molar-refractivity contribution in [1.29, 1.82) is 0 Å². The zero-order valence-corrected chi connectivity index (χ0v) is 16.6. The second kappa shape index (κ2) is 10.6. The van der Waals surface area contributed by atoms with Gasteiger partial charge < -0.3 is 10.2 Å². The van der Waals surface area contributed by atoms with E-state index in [-0.39, 0.29) is 11.8 Å². The monoisotopic (exact) mass is 392 g/mol. The Morgan fingerprint density at radius 2 is 1.86 bits per heavy atom. The van der Waals surface area contributed by atoms with Gasteiger partial charge in [-0.2, -0.15) is 0 Å². The summed E-state index contributed by atoms with van der Waals surface area (Å²) in [6.45, 7) is 1.12. The molecule has 1 N–H and O–H groups in total. The number of nitrogens with zero attached hydrogens (tertiary/aromatic N) is 1. The van der Waals surface area contributed by atoms with Gasteiger partial charge in [0.25, 0.3) is 0 Å². The largest absolute Gasteiger partial charge is 0.344 e. The Labute approximate surface area is 170 Å². The van der Waals surface area contributed by atoms with Gasteiger partial charge >= 0.3 is 0 Å². The summed E-state index contributed by atoms with van der Waals surface area (Å²) in [4.78, 5) is 25.7. The van der Waals surface area contributed by atoms with E-state index in [4.69, 9.17) is 0 Å². The zero-order valence-electron chi connectivity index (χ0n) is 15.8. The molecule has 0 aromatic heterocycles. The number of anilines is 1. The molecular formula is C23H24N2O2S. The maximum Gasteiger partial charge on any atom is 0.230 e. The average molecular weight is 393 g/mol. The number of hydrogen-bond acceptors (Lipinski definition) is 3. The van der Waals surface area contributed by atoms with E-state index in [9.17, 15) is 9.59 Å². The second-order valence-electron chi connectivity index (χ2n) is 6.61. The molecule has 5 heteroatoms. The molecule has 144 valence electrons. The molecule has 0 unspecified atom stereocenters. The highest BCUT2D eigenvalue weighted by Gasteiger charge is 2.19. The van der Waals surface area contributed by atoms with E-state index < -0.39 is 0 Å². The maximum absolute atomic E-state index is 12.0. The van der Waals surface area contributed by atoms with Crippen LogP contribution in [0.5, 0.6) is 0 Å². The molecule has 1 aliphatic rings. The number of nitrogens with one attached hydrogen (secondary N) is 1. The predicted octanol–water partition coefficient (Wildman–Crippen LogP) is 3.60. The minimum Gasteiger partial charge on any atom is -0.344 e. The van der Waals surface area contributed by atoms with Gasteiger partial charge in [-0.25, -0.2) is 0 Å². The molecule has 2 amide bonds. The van der Waals surface area contributed by atoms with Crippen LogP contribution in [0.1, 0.15) is 30.4 Å². The first kappa shape index (κ1) is 20.0. The molecule has 0 atom stereocenters. The van der Waals surface area contributed by atoms with Crippen LogP contribution in [0.25, 0.3) is 0 Å². The lowest BCUT2D eigenvalue weighted by molar-refractivity contribution is -0.119. The van der Waals surface area contributed by atoms with Crippen LogP contribution < -0.4 is 10.2 Å². The number of rotatable bonds is 6. The molecule has 0 saturated carbocycles. The molecule has 0 radical (unpaired) electrons. The molecule has 1 saturated heterocycles. The quantitative estimate of drug-likeness (QED) is 0.764. The van der Waals surface area contributed by atoms with Crippen LogP contribution in [0.15, 0.2) is 54.6 Å². The lowest BCUT2D eigenvalue weighted by atomic mass is 10.1. The normalized spacial score (nSPS) is 13.6. The fraction of sp³-hybridized carbons (Fsp3) is 0.304. The molecule has 0 aliphatic carbocycles. The molecule has 0 bridgehead atoms. The molecule has 4 nitrogen and oxygen atoms in total. The number of amides is 2. The Hall–Kier alpha value is -2.71. The third kappa shape index (κ3) is 6.17. The maximum atomic E-state index is 12.0. The van der Waals surface area contributed by atoms with Crippen molar-refractivity contribution in [3.63, 3.8) is 0 Å². The van der Waals surface area contributed by atoms with Crippen LogP contribution in [0, 0.1) is 11.8 Å². The summed E-state index contributed by atoms with van der Waals surface area (Å²) < 4.78 is 0. The molecule has 28 heavy (non-hydrogen) atoms. The van der Waals surface area contributed by atoms with E-state index in [1.54, 1.807) is 11.8 Å². The number of carbonyl (C=O) groups excluding carboxylic acids is 2. The van der Waals surface area contributed by atoms with Crippen molar-refractivity contribution < 1.29 is 9.59 Å². The molecule has 2 aromatic rings. The summed E-state index contributed by atoms with van der Waals surface area (Å²) in [5.74, 6) is 7.46. The number of thioether (sulfide) groups is 1. The van der Waals surface area contributed by atoms with Crippen molar-refractivity contribution >= 4 is 29.3 Å². The fourth-order valence-electron chi connectivity index (χ4n) is 2.98. The van der Waals surface area contributed by atoms with Gasteiger partial charge in [-0.15, -0.1) is 11.8 Å². The van der Waals surface area contributed by atoms with Crippen molar-refractivity contribution in [2.45, 2.75) is 25.0 Å². The molecule has 0 spiro atoms. The van der Waals surface area contributed by atoms with Gasteiger partial charge in [0.05, 0.1) is 12.3 Å². The van der Waals surface area contributed by atoms with E-state index in [0.29, 0.717) is 18.7 Å². The van der Waals surface area contributed by atoms with E-state index in [0.717, 1.165) is 36.4 Å². The Morgan fingerprint density at radius 1 is 1.07 bits per heavy atom. The summed E-state index contributed by atoms with van der Waals surface area (Å²) in [5, 5.41) is 2.82. The van der Waals surface area contributed by atoms with Crippen LogP contribution in [0.3, 0.4) is 0 Å². The highest BCUT2D eigenvalue weighted by Crippen LogP contribution is 2.21. The number of piperidine rings is 1. The van der Waals surface area contributed by atoms with Crippen LogP contribution in [0.4, 0.5) is 5.69 Å². The van der Waals surface area contributed by atoms with Crippen LogP contribution >= 0.6 is 11.8 Å². The smallest absolute Gasteiger partial charge is 0.230 e. The van der Waals surface area contributed by atoms with Gasteiger partial charge in [-0.1, -0.05) is 42.2 Å². The molecular weight excluding hydrogens is 368 g/mol. The third-order valence-electron chi connectivity index (χ3n) is 4.45. The first-order chi connectivity index (χ1) is 13.7. The Morgan fingerprint density at radius 3 is 2.61 bits per heavy atom. The topological polar surface area (TPSA) is 49.4 Å². The van der Waals surface area contributed by atoms with Crippen molar-refractivity contribution in [1.82, 2.24) is 5.32 Å². The zero-order chi connectivity index (χ0) is 19.6. The highest BCUT2D eigenvalue weighted by atomic mass is 32.2. The third-order valence-corrected chi connectivity index (χ3v) is 5.46. The summed E-state index contributed by atoms with van der Waals surface area (Å²) >= 11 is 1.59. The minimum absolute atomic E-state index is 0.00538. The van der Waals surface area contributed by atoms with Gasteiger partial charge in [0.2, 0.25) is 11.8 Å². The molecule has 1 fully saturated rings. The lowest BCUT2D eigenvalue weighted by Crippen LogP contribution is -2.35. The van der Waals surface area contributed by atoms with Crippen LogP contribution in [-0.2, 0) is 15.3 Å². The summed E-state index contributed by atoms with van der Waals surface area (Å²) in [7, 11) is 0. The van der Waals surface area contributed by atoms with Crippen molar-refractivity contribution in [3.8, 4) is 11.8 Å². The van der Waals surface area contributed by atoms with Gasteiger partial charge in [-0.3, -0.25) is 9.59 Å². The van der Waals surface area contributed by atoms with Crippen LogP contribution in [-0.4, -0.2) is 30.7 Å². The summed E-state index contributed by atoms with van der Waals surface area (Å²) in [6, 6.07) is 17.8. The minimum atomic E-state index is -0.00538. The second-order valence-corrected chi connectivity index (χ2v) is 7.59. The van der Waals surface area contributed by atoms with E-state index in [1.165, 1.54) is 5.56 Å². The first-order valence-corrected chi connectivity index (χ1v) is 10.7. The molecule has 3 rings (SSSR count). The average Bonchev–Trinajstić information content (AvgIpc) is 2.73. The first-order valence-electron chi connectivity index (χ1n) is 9.50. The van der Waals surface area contributed by atoms with Crippen molar-refractivity contribution in [3.05, 3.63) is 65.7 Å². The van der Waals surface area contributed by atoms with E-state index >= 15 is 0 Å². The molecule has 1 aliphatic heterocycles. The Kier molecular flexibility index (Phi) is 7.57. The van der Waals surface area contributed by atoms with Gasteiger partial charge in [-0.05, 0) is 42.7 Å². The Bertz CT molecular complexity index is 854. The standard InChI is InChI=1S/C23H24N2O2S/c26-22(18-28-17-20-7-2-1-3-8-20)24-15-6-9-19-11-13-21(14-12-19)25-16-5-4-10-23(25)27/h1-3,7-8,11-14H,4-5,10,15-18H2,(H,24,26). The van der Waals surface area contributed by atoms with Crippen molar-refractivity contribution in [2.75, 3.05) is 23.7 Å². The Balaban J connectivity index is 1.39. The van der Waals surface area contributed by atoms with Gasteiger partial charge in [0.1, 0.15) is 0 Å². The lowest BCUT2D eigenvalue weighted by Gasteiger charge is -2.26. The van der Waals surface area contributed by atoms with Crippen LogP contribution in [0.2, 0.25) is 0 Å². The SMILES string of the molecule is O=C(CSCc1ccccc1)NCC#Cc1ccc(N2CCCCC2=O)cc1.